The van der Waals surface area contributed by atoms with Crippen molar-refractivity contribution in [3.8, 4) is 0 Å². The number of rotatable bonds is 5. The second kappa shape index (κ2) is 5.35. The highest BCUT2D eigenvalue weighted by molar-refractivity contribution is 5.85. The van der Waals surface area contributed by atoms with E-state index in [-0.39, 0.29) is 12.0 Å². The van der Waals surface area contributed by atoms with Crippen molar-refractivity contribution in [1.82, 2.24) is 0 Å². The van der Waals surface area contributed by atoms with Crippen LogP contribution in [0.25, 0.3) is 0 Å². The number of carboxylic acids is 2. The molecule has 0 saturated heterocycles. The number of hydrogen-bond acceptors (Lipinski definition) is 2. The molecular formula is C8H12O4. The predicted octanol–water partition coefficient (Wildman–Crippen LogP) is 1.27. The van der Waals surface area contributed by atoms with E-state index >= 15 is 0 Å². The summed E-state index contributed by atoms with van der Waals surface area (Å²) in [5, 5.41) is 16.7. The molecule has 0 bridgehead atoms. The Morgan fingerprint density at radius 3 is 2.33 bits per heavy atom. The van der Waals surface area contributed by atoms with E-state index in [1.54, 1.807) is 0 Å². The highest BCUT2D eigenvalue weighted by atomic mass is 16.4. The van der Waals surface area contributed by atoms with Crippen LogP contribution in [0.1, 0.15) is 26.2 Å². The van der Waals surface area contributed by atoms with E-state index in [1.807, 2.05) is 0 Å². The zero-order valence-electron chi connectivity index (χ0n) is 6.91. The maximum absolute atomic E-state index is 10.2. The van der Waals surface area contributed by atoms with Crippen LogP contribution in [-0.4, -0.2) is 22.2 Å². The van der Waals surface area contributed by atoms with Crippen molar-refractivity contribution in [3.63, 3.8) is 0 Å². The first-order valence-electron chi connectivity index (χ1n) is 3.66. The molecule has 0 saturated carbocycles. The second-order valence-corrected chi connectivity index (χ2v) is 2.48. The summed E-state index contributed by atoms with van der Waals surface area (Å²) in [5.41, 5.74) is 0.264. The third kappa shape index (κ3) is 5.46. The summed E-state index contributed by atoms with van der Waals surface area (Å²) < 4.78 is 0. The number of carbonyl (C=O) groups is 2. The predicted molar refractivity (Wildman–Crippen MR) is 42.9 cm³/mol. The Labute approximate surface area is 70.5 Å². The molecule has 12 heavy (non-hydrogen) atoms. The standard InChI is InChI=1S/C8H12O4/c1-6(8(11)12)4-2-3-5-7(9)10/h4H,2-3,5H2,1H3,(H,9,10)(H,11,12)/b6-4+. The molecule has 0 fully saturated rings. The van der Waals surface area contributed by atoms with Crippen molar-refractivity contribution in [2.45, 2.75) is 26.2 Å². The lowest BCUT2D eigenvalue weighted by Crippen LogP contribution is -1.96. The van der Waals surface area contributed by atoms with Gasteiger partial charge in [-0.15, -0.1) is 0 Å². The van der Waals surface area contributed by atoms with Crippen LogP contribution in [0.15, 0.2) is 11.6 Å². The van der Waals surface area contributed by atoms with Gasteiger partial charge in [0.2, 0.25) is 0 Å². The first-order chi connectivity index (χ1) is 5.54. The number of unbranched alkanes of at least 4 members (excludes halogenated alkanes) is 1. The molecule has 0 heterocycles. The Bertz CT molecular complexity index is 205. The molecule has 68 valence electrons. The van der Waals surface area contributed by atoms with Crippen molar-refractivity contribution in [2.24, 2.45) is 0 Å². The van der Waals surface area contributed by atoms with Crippen LogP contribution in [0.3, 0.4) is 0 Å². The van der Waals surface area contributed by atoms with Crippen LogP contribution in [-0.2, 0) is 9.59 Å². The molecular weight excluding hydrogens is 160 g/mol. The van der Waals surface area contributed by atoms with Crippen LogP contribution in [0, 0.1) is 0 Å². The Morgan fingerprint density at radius 2 is 1.92 bits per heavy atom. The van der Waals surface area contributed by atoms with Crippen LogP contribution < -0.4 is 0 Å². The monoisotopic (exact) mass is 172 g/mol. The summed E-state index contributed by atoms with van der Waals surface area (Å²) in [7, 11) is 0. The van der Waals surface area contributed by atoms with Gasteiger partial charge in [-0.2, -0.15) is 0 Å². The van der Waals surface area contributed by atoms with Crippen molar-refractivity contribution < 1.29 is 19.8 Å². The molecule has 0 unspecified atom stereocenters. The Morgan fingerprint density at radius 1 is 1.33 bits per heavy atom. The van der Waals surface area contributed by atoms with Crippen LogP contribution in [0.5, 0.6) is 0 Å². The molecule has 0 amide bonds. The van der Waals surface area contributed by atoms with Crippen molar-refractivity contribution in [1.29, 1.82) is 0 Å². The molecule has 0 aliphatic heterocycles. The molecule has 0 atom stereocenters. The third-order valence-electron chi connectivity index (χ3n) is 1.38. The van der Waals surface area contributed by atoms with Gasteiger partial charge in [-0.1, -0.05) is 6.08 Å². The largest absolute Gasteiger partial charge is 0.481 e. The molecule has 4 heteroatoms. The minimum atomic E-state index is -0.953. The maximum atomic E-state index is 10.2. The lowest BCUT2D eigenvalue weighted by atomic mass is 10.2. The van der Waals surface area contributed by atoms with E-state index < -0.39 is 11.9 Å². The SMILES string of the molecule is C/C(=C\CCCC(=O)O)C(=O)O. The lowest BCUT2D eigenvalue weighted by Gasteiger charge is -1.93. The van der Waals surface area contributed by atoms with Gasteiger partial charge in [0.1, 0.15) is 0 Å². The van der Waals surface area contributed by atoms with Gasteiger partial charge < -0.3 is 10.2 Å². The number of allylic oxidation sites excluding steroid dienone is 1. The van der Waals surface area contributed by atoms with Crippen molar-refractivity contribution in [2.75, 3.05) is 0 Å². The van der Waals surface area contributed by atoms with E-state index in [9.17, 15) is 9.59 Å². The van der Waals surface area contributed by atoms with Gasteiger partial charge in [-0.05, 0) is 19.8 Å². The first kappa shape index (κ1) is 10.7. The number of hydrogen-bond donors (Lipinski definition) is 2. The smallest absolute Gasteiger partial charge is 0.330 e. The van der Waals surface area contributed by atoms with E-state index in [1.165, 1.54) is 13.0 Å². The zero-order valence-corrected chi connectivity index (χ0v) is 6.91. The van der Waals surface area contributed by atoms with Crippen LogP contribution in [0.4, 0.5) is 0 Å². The topological polar surface area (TPSA) is 74.6 Å². The molecule has 0 aromatic heterocycles. The zero-order chi connectivity index (χ0) is 9.56. The second-order valence-electron chi connectivity index (χ2n) is 2.48. The summed E-state index contributed by atoms with van der Waals surface area (Å²) in [6, 6.07) is 0. The molecule has 0 aliphatic carbocycles. The summed E-state index contributed by atoms with van der Waals surface area (Å²) in [5.74, 6) is -1.80. The molecule has 0 aromatic rings. The van der Waals surface area contributed by atoms with E-state index in [0.717, 1.165) is 0 Å². The van der Waals surface area contributed by atoms with Crippen LogP contribution in [0.2, 0.25) is 0 Å². The van der Waals surface area contributed by atoms with Gasteiger partial charge in [0, 0.05) is 12.0 Å². The van der Waals surface area contributed by atoms with Crippen molar-refractivity contribution >= 4 is 11.9 Å². The Hall–Kier alpha value is -1.32. The average Bonchev–Trinajstić information content (AvgIpc) is 1.97. The summed E-state index contributed by atoms with van der Waals surface area (Å²) in [6.45, 7) is 1.49. The molecule has 0 radical (unpaired) electrons. The molecule has 0 spiro atoms. The minimum Gasteiger partial charge on any atom is -0.481 e. The highest BCUT2D eigenvalue weighted by Crippen LogP contribution is 2.01. The van der Waals surface area contributed by atoms with E-state index in [0.29, 0.717) is 12.8 Å². The molecule has 0 rings (SSSR count). The fraction of sp³-hybridized carbons (Fsp3) is 0.500. The molecule has 4 nitrogen and oxygen atoms in total. The van der Waals surface area contributed by atoms with E-state index in [2.05, 4.69) is 0 Å². The Kier molecular flexibility index (Phi) is 4.76. The minimum absolute atomic E-state index is 0.0867. The van der Waals surface area contributed by atoms with Gasteiger partial charge in [-0.3, -0.25) is 4.79 Å². The van der Waals surface area contributed by atoms with Gasteiger partial charge in [0.25, 0.3) is 0 Å². The van der Waals surface area contributed by atoms with E-state index in [4.69, 9.17) is 10.2 Å². The van der Waals surface area contributed by atoms with Gasteiger partial charge in [-0.25, -0.2) is 4.79 Å². The fourth-order valence-electron chi connectivity index (χ4n) is 0.659. The van der Waals surface area contributed by atoms with Gasteiger partial charge in [0.15, 0.2) is 0 Å². The maximum Gasteiger partial charge on any atom is 0.330 e. The molecule has 2 N–H and O–H groups in total. The third-order valence-corrected chi connectivity index (χ3v) is 1.38. The normalized spacial score (nSPS) is 11.2. The molecule has 0 aromatic carbocycles. The first-order valence-corrected chi connectivity index (χ1v) is 3.66. The van der Waals surface area contributed by atoms with Crippen LogP contribution >= 0.6 is 0 Å². The fourth-order valence-corrected chi connectivity index (χ4v) is 0.659. The quantitative estimate of drug-likeness (QED) is 0.483. The summed E-state index contributed by atoms with van der Waals surface area (Å²) in [4.78, 5) is 20.3. The average molecular weight is 172 g/mol. The Balaban J connectivity index is 3.60. The summed E-state index contributed by atoms with van der Waals surface area (Å²) in [6.07, 6.45) is 2.61. The van der Waals surface area contributed by atoms with Gasteiger partial charge in [0.05, 0.1) is 0 Å². The van der Waals surface area contributed by atoms with Crippen molar-refractivity contribution in [3.05, 3.63) is 11.6 Å². The van der Waals surface area contributed by atoms with Gasteiger partial charge >= 0.3 is 11.9 Å². The molecule has 0 aliphatic rings. The lowest BCUT2D eigenvalue weighted by molar-refractivity contribution is -0.137. The summed E-state index contributed by atoms with van der Waals surface area (Å²) >= 11 is 0. The number of carboxylic acid groups (broad SMARTS) is 2. The number of aliphatic carboxylic acids is 2. The highest BCUT2D eigenvalue weighted by Gasteiger charge is 1.99.